The van der Waals surface area contributed by atoms with Gasteiger partial charge in [0.25, 0.3) is 11.8 Å². The second-order valence-corrected chi connectivity index (χ2v) is 7.97. The van der Waals surface area contributed by atoms with E-state index in [1.807, 2.05) is 23.6 Å². The zero-order valence-electron chi connectivity index (χ0n) is 17.7. The Labute approximate surface area is 194 Å². The van der Waals surface area contributed by atoms with Crippen LogP contribution >= 0.6 is 11.3 Å². The third kappa shape index (κ3) is 5.50. The van der Waals surface area contributed by atoms with E-state index in [0.717, 1.165) is 5.56 Å². The summed E-state index contributed by atoms with van der Waals surface area (Å²) in [5, 5.41) is 10.6. The topological polar surface area (TPSA) is 100 Å². The summed E-state index contributed by atoms with van der Waals surface area (Å²) in [5.41, 5.74) is 3.50. The van der Waals surface area contributed by atoms with Crippen LogP contribution in [0, 0.1) is 0 Å². The van der Waals surface area contributed by atoms with Crippen molar-refractivity contribution in [2.75, 3.05) is 16.0 Å². The number of para-hydroxylation sites is 1. The van der Waals surface area contributed by atoms with Crippen molar-refractivity contribution < 1.29 is 14.4 Å². The van der Waals surface area contributed by atoms with Gasteiger partial charge in [0.2, 0.25) is 5.91 Å². The van der Waals surface area contributed by atoms with Crippen molar-refractivity contribution in [1.29, 1.82) is 0 Å². The van der Waals surface area contributed by atoms with E-state index in [0.29, 0.717) is 33.3 Å². The number of thiazole rings is 1. The molecule has 7 nitrogen and oxygen atoms in total. The molecule has 0 atom stereocenters. The number of aromatic nitrogens is 1. The molecule has 33 heavy (non-hydrogen) atoms. The Morgan fingerprint density at radius 3 is 2.18 bits per heavy atom. The lowest BCUT2D eigenvalue weighted by atomic mass is 10.1. The average Bonchev–Trinajstić information content (AvgIpc) is 3.28. The number of carbonyl (C=O) groups excluding carboxylic acids is 3. The molecule has 0 fully saturated rings. The van der Waals surface area contributed by atoms with Crippen molar-refractivity contribution in [3.63, 3.8) is 0 Å². The number of hydrogen-bond donors (Lipinski definition) is 3. The maximum Gasteiger partial charge on any atom is 0.259 e. The van der Waals surface area contributed by atoms with Gasteiger partial charge in [0.15, 0.2) is 5.13 Å². The van der Waals surface area contributed by atoms with Crippen LogP contribution in [0.1, 0.15) is 27.6 Å². The fraction of sp³-hybridized carbons (Fsp3) is 0.0400. The van der Waals surface area contributed by atoms with Gasteiger partial charge < -0.3 is 10.6 Å². The van der Waals surface area contributed by atoms with E-state index in [4.69, 9.17) is 0 Å². The van der Waals surface area contributed by atoms with Crippen LogP contribution in [0.3, 0.4) is 0 Å². The van der Waals surface area contributed by atoms with Crippen LogP contribution in [-0.4, -0.2) is 22.7 Å². The molecule has 3 aromatic carbocycles. The average molecular weight is 457 g/mol. The third-order valence-electron chi connectivity index (χ3n) is 4.68. The van der Waals surface area contributed by atoms with Gasteiger partial charge in [-0.1, -0.05) is 42.5 Å². The molecule has 3 amide bonds. The van der Waals surface area contributed by atoms with Crippen molar-refractivity contribution >= 4 is 45.6 Å². The summed E-state index contributed by atoms with van der Waals surface area (Å²) in [7, 11) is 0. The van der Waals surface area contributed by atoms with E-state index in [2.05, 4.69) is 20.9 Å². The minimum absolute atomic E-state index is 0.137. The maximum atomic E-state index is 12.9. The van der Waals surface area contributed by atoms with E-state index in [-0.39, 0.29) is 17.7 Å². The van der Waals surface area contributed by atoms with Crippen LogP contribution < -0.4 is 16.0 Å². The number of amides is 3. The summed E-state index contributed by atoms with van der Waals surface area (Å²) in [5.74, 6) is -0.808. The Morgan fingerprint density at radius 2 is 1.45 bits per heavy atom. The van der Waals surface area contributed by atoms with E-state index >= 15 is 0 Å². The molecule has 8 heteroatoms. The molecule has 0 radical (unpaired) electrons. The fourth-order valence-corrected chi connectivity index (χ4v) is 3.84. The summed E-state index contributed by atoms with van der Waals surface area (Å²) in [6.45, 7) is 1.45. The van der Waals surface area contributed by atoms with Gasteiger partial charge in [-0.15, -0.1) is 11.3 Å². The lowest BCUT2D eigenvalue weighted by Gasteiger charge is -2.10. The lowest BCUT2D eigenvalue weighted by Crippen LogP contribution is -2.18. The molecule has 0 aliphatic heterocycles. The zero-order chi connectivity index (χ0) is 23.2. The molecule has 0 saturated heterocycles. The molecule has 1 heterocycles. The first kappa shape index (κ1) is 21.9. The van der Waals surface area contributed by atoms with Gasteiger partial charge in [0.05, 0.1) is 16.9 Å². The van der Waals surface area contributed by atoms with E-state index in [1.54, 1.807) is 60.7 Å². The highest BCUT2D eigenvalue weighted by atomic mass is 32.1. The Bertz CT molecular complexity index is 1300. The maximum absolute atomic E-state index is 12.9. The van der Waals surface area contributed by atoms with Crippen molar-refractivity contribution in [3.8, 4) is 11.3 Å². The molecular formula is C25H20N4O3S. The SMILES string of the molecule is CC(=O)Nc1ccc(-c2csc(NC(=O)c3ccccc3NC(=O)c3ccccc3)n2)cc1. The Balaban J connectivity index is 1.47. The summed E-state index contributed by atoms with van der Waals surface area (Å²) in [4.78, 5) is 41.1. The summed E-state index contributed by atoms with van der Waals surface area (Å²) < 4.78 is 0. The van der Waals surface area contributed by atoms with Gasteiger partial charge in [-0.2, -0.15) is 0 Å². The quantitative estimate of drug-likeness (QED) is 0.368. The number of hydrogen-bond acceptors (Lipinski definition) is 5. The minimum atomic E-state index is -0.374. The van der Waals surface area contributed by atoms with Crippen molar-refractivity contribution in [3.05, 3.63) is 95.4 Å². The first-order chi connectivity index (χ1) is 16.0. The van der Waals surface area contributed by atoms with E-state index in [1.165, 1.54) is 18.3 Å². The molecule has 3 N–H and O–H groups in total. The molecule has 164 valence electrons. The number of carbonyl (C=O) groups is 3. The minimum Gasteiger partial charge on any atom is -0.326 e. The van der Waals surface area contributed by atoms with Crippen LogP contribution in [0.5, 0.6) is 0 Å². The molecule has 4 rings (SSSR count). The molecule has 0 unspecified atom stereocenters. The largest absolute Gasteiger partial charge is 0.326 e. The van der Waals surface area contributed by atoms with Crippen molar-refractivity contribution in [2.24, 2.45) is 0 Å². The fourth-order valence-electron chi connectivity index (χ4n) is 3.13. The molecule has 0 aliphatic carbocycles. The predicted octanol–water partition coefficient (Wildman–Crippen LogP) is 5.27. The van der Waals surface area contributed by atoms with Gasteiger partial charge in [0, 0.05) is 29.1 Å². The Hall–Kier alpha value is -4.30. The number of benzene rings is 3. The zero-order valence-corrected chi connectivity index (χ0v) is 18.5. The predicted molar refractivity (Wildman–Crippen MR) is 131 cm³/mol. The lowest BCUT2D eigenvalue weighted by molar-refractivity contribution is -0.114. The second kappa shape index (κ2) is 9.88. The smallest absolute Gasteiger partial charge is 0.259 e. The molecule has 4 aromatic rings. The van der Waals surface area contributed by atoms with Gasteiger partial charge in [-0.25, -0.2) is 4.98 Å². The van der Waals surface area contributed by atoms with Gasteiger partial charge in [-0.3, -0.25) is 19.7 Å². The summed E-state index contributed by atoms with van der Waals surface area (Å²) in [6.07, 6.45) is 0. The normalized spacial score (nSPS) is 10.3. The highest BCUT2D eigenvalue weighted by molar-refractivity contribution is 7.14. The van der Waals surface area contributed by atoms with Crippen LogP contribution in [-0.2, 0) is 4.79 Å². The number of anilines is 3. The van der Waals surface area contributed by atoms with Crippen LogP contribution in [0.2, 0.25) is 0 Å². The number of rotatable bonds is 6. The molecule has 0 spiro atoms. The van der Waals surface area contributed by atoms with Crippen molar-refractivity contribution in [1.82, 2.24) is 4.98 Å². The summed E-state index contributed by atoms with van der Waals surface area (Å²) >= 11 is 1.30. The Morgan fingerprint density at radius 1 is 0.758 bits per heavy atom. The highest BCUT2D eigenvalue weighted by Gasteiger charge is 2.16. The van der Waals surface area contributed by atoms with Crippen LogP contribution in [0.15, 0.2) is 84.2 Å². The van der Waals surface area contributed by atoms with Crippen LogP contribution in [0.25, 0.3) is 11.3 Å². The number of nitrogens with one attached hydrogen (secondary N) is 3. The third-order valence-corrected chi connectivity index (χ3v) is 5.44. The van der Waals surface area contributed by atoms with Crippen LogP contribution in [0.4, 0.5) is 16.5 Å². The van der Waals surface area contributed by atoms with Gasteiger partial charge in [0.1, 0.15) is 0 Å². The summed E-state index contributed by atoms with van der Waals surface area (Å²) in [6, 6.07) is 22.9. The van der Waals surface area contributed by atoms with Crippen molar-refractivity contribution in [2.45, 2.75) is 6.92 Å². The monoisotopic (exact) mass is 456 g/mol. The molecule has 0 saturated carbocycles. The first-order valence-electron chi connectivity index (χ1n) is 10.1. The second-order valence-electron chi connectivity index (χ2n) is 7.12. The van der Waals surface area contributed by atoms with Gasteiger partial charge >= 0.3 is 0 Å². The standard InChI is InChI=1S/C25H20N4O3S/c1-16(30)26-19-13-11-17(12-14-19)22-15-33-25(28-22)29-24(32)20-9-5-6-10-21(20)27-23(31)18-7-3-2-4-8-18/h2-15H,1H3,(H,26,30)(H,27,31)(H,28,29,32). The molecule has 1 aromatic heterocycles. The number of nitrogens with zero attached hydrogens (tertiary/aromatic N) is 1. The highest BCUT2D eigenvalue weighted by Crippen LogP contribution is 2.27. The van der Waals surface area contributed by atoms with E-state index in [9.17, 15) is 14.4 Å². The first-order valence-corrected chi connectivity index (χ1v) is 11.0. The molecule has 0 bridgehead atoms. The molecular weight excluding hydrogens is 436 g/mol. The Kier molecular flexibility index (Phi) is 6.56. The molecule has 0 aliphatic rings. The van der Waals surface area contributed by atoms with Gasteiger partial charge in [-0.05, 0) is 36.4 Å². The van der Waals surface area contributed by atoms with E-state index < -0.39 is 0 Å².